The van der Waals surface area contributed by atoms with Gasteiger partial charge in [0, 0.05) is 37.6 Å². The van der Waals surface area contributed by atoms with Crippen LogP contribution in [0.3, 0.4) is 0 Å². The first-order valence-corrected chi connectivity index (χ1v) is 11.7. The molecule has 7 heteroatoms. The smallest absolute Gasteiger partial charge is 0.224 e. The summed E-state index contributed by atoms with van der Waals surface area (Å²) in [5, 5.41) is 1.13. The Balaban J connectivity index is 1.44. The largest absolute Gasteiger partial charge is 0.493 e. The van der Waals surface area contributed by atoms with Crippen molar-refractivity contribution in [1.29, 1.82) is 0 Å². The molecule has 4 aromatic rings. The van der Waals surface area contributed by atoms with Gasteiger partial charge in [0.15, 0.2) is 11.5 Å². The molecule has 0 bridgehead atoms. The lowest BCUT2D eigenvalue weighted by Crippen LogP contribution is -2.48. The highest BCUT2D eigenvalue weighted by Crippen LogP contribution is 2.37. The SMILES string of the molecule is COc1cc2nc(Cl)nc(N3CCN(C(c4ccccc4)c4ccccc4)CC3)c2cc1OC. The van der Waals surface area contributed by atoms with E-state index >= 15 is 0 Å². The lowest BCUT2D eigenvalue weighted by molar-refractivity contribution is 0.212. The summed E-state index contributed by atoms with van der Waals surface area (Å²) < 4.78 is 11.0. The second kappa shape index (κ2) is 9.87. The summed E-state index contributed by atoms with van der Waals surface area (Å²) in [6.07, 6.45) is 0. The first-order valence-electron chi connectivity index (χ1n) is 11.4. The fraction of sp³-hybridized carbons (Fsp3) is 0.259. The first-order chi connectivity index (χ1) is 16.7. The molecule has 0 amide bonds. The molecule has 1 aromatic heterocycles. The summed E-state index contributed by atoms with van der Waals surface area (Å²) in [7, 11) is 3.24. The fourth-order valence-electron chi connectivity index (χ4n) is 4.73. The average Bonchev–Trinajstić information content (AvgIpc) is 2.89. The van der Waals surface area contributed by atoms with Gasteiger partial charge in [0.1, 0.15) is 5.82 Å². The minimum atomic E-state index is 0.208. The summed E-state index contributed by atoms with van der Waals surface area (Å²) in [5.41, 5.74) is 3.34. The Bertz CT molecular complexity index is 1220. The van der Waals surface area contributed by atoms with Crippen LogP contribution in [0.2, 0.25) is 5.28 Å². The molecular weight excluding hydrogens is 448 g/mol. The summed E-state index contributed by atoms with van der Waals surface area (Å²) >= 11 is 6.32. The van der Waals surface area contributed by atoms with Crippen LogP contribution in [0.25, 0.3) is 10.9 Å². The molecule has 0 saturated carbocycles. The molecule has 6 nitrogen and oxygen atoms in total. The van der Waals surface area contributed by atoms with Crippen LogP contribution < -0.4 is 14.4 Å². The van der Waals surface area contributed by atoms with Crippen LogP contribution in [0.5, 0.6) is 11.5 Å². The Kier molecular flexibility index (Phi) is 6.52. The van der Waals surface area contributed by atoms with Gasteiger partial charge in [0.25, 0.3) is 0 Å². The van der Waals surface area contributed by atoms with Gasteiger partial charge in [-0.2, -0.15) is 4.98 Å². The number of hydrogen-bond acceptors (Lipinski definition) is 6. The van der Waals surface area contributed by atoms with Gasteiger partial charge < -0.3 is 14.4 Å². The zero-order valence-corrected chi connectivity index (χ0v) is 20.1. The molecule has 0 spiro atoms. The van der Waals surface area contributed by atoms with Crippen LogP contribution in [-0.4, -0.2) is 55.3 Å². The fourth-order valence-corrected chi connectivity index (χ4v) is 4.90. The van der Waals surface area contributed by atoms with Gasteiger partial charge in [-0.05, 0) is 28.8 Å². The summed E-state index contributed by atoms with van der Waals surface area (Å²) in [6.45, 7) is 3.44. The van der Waals surface area contributed by atoms with Crippen molar-refractivity contribution in [2.24, 2.45) is 0 Å². The van der Waals surface area contributed by atoms with Crippen LogP contribution >= 0.6 is 11.6 Å². The van der Waals surface area contributed by atoms with E-state index in [1.807, 2.05) is 12.1 Å². The number of methoxy groups -OCH3 is 2. The minimum Gasteiger partial charge on any atom is -0.493 e. The van der Waals surface area contributed by atoms with E-state index in [-0.39, 0.29) is 11.3 Å². The standard InChI is InChI=1S/C27H27ClN4O2/c1-33-23-17-21-22(18-24(23)34-2)29-27(28)30-26(21)32-15-13-31(14-16-32)25(19-9-5-3-6-10-19)20-11-7-4-8-12-20/h3-12,17-18,25H,13-16H2,1-2H3. The quantitative estimate of drug-likeness (QED) is 0.357. The highest BCUT2D eigenvalue weighted by atomic mass is 35.5. The lowest BCUT2D eigenvalue weighted by atomic mass is 9.96. The third kappa shape index (κ3) is 4.39. The molecule has 1 fully saturated rings. The van der Waals surface area contributed by atoms with Crippen molar-refractivity contribution in [3.05, 3.63) is 89.2 Å². The first kappa shape index (κ1) is 22.4. The van der Waals surface area contributed by atoms with Crippen molar-refractivity contribution >= 4 is 28.3 Å². The van der Waals surface area contributed by atoms with Gasteiger partial charge in [-0.3, -0.25) is 4.90 Å². The predicted molar refractivity (Wildman–Crippen MR) is 136 cm³/mol. The van der Waals surface area contributed by atoms with Crippen molar-refractivity contribution in [1.82, 2.24) is 14.9 Å². The van der Waals surface area contributed by atoms with Crippen LogP contribution in [-0.2, 0) is 0 Å². The molecule has 0 radical (unpaired) electrons. The van der Waals surface area contributed by atoms with E-state index in [2.05, 4.69) is 80.4 Å². The van der Waals surface area contributed by atoms with E-state index in [4.69, 9.17) is 21.1 Å². The molecule has 0 unspecified atom stereocenters. The summed E-state index contributed by atoms with van der Waals surface area (Å²) in [4.78, 5) is 13.8. The molecule has 5 rings (SSSR count). The zero-order chi connectivity index (χ0) is 23.5. The van der Waals surface area contributed by atoms with Gasteiger partial charge in [-0.1, -0.05) is 60.7 Å². The monoisotopic (exact) mass is 474 g/mol. The number of ether oxygens (including phenoxy) is 2. The van der Waals surface area contributed by atoms with Gasteiger partial charge >= 0.3 is 0 Å². The highest BCUT2D eigenvalue weighted by molar-refractivity contribution is 6.28. The van der Waals surface area contributed by atoms with Gasteiger partial charge in [0.05, 0.1) is 25.8 Å². The molecule has 0 N–H and O–H groups in total. The van der Waals surface area contributed by atoms with Crippen molar-refractivity contribution < 1.29 is 9.47 Å². The number of aromatic nitrogens is 2. The van der Waals surface area contributed by atoms with Crippen molar-refractivity contribution in [3.63, 3.8) is 0 Å². The lowest BCUT2D eigenvalue weighted by Gasteiger charge is -2.40. The second-order valence-corrected chi connectivity index (χ2v) is 8.63. The van der Waals surface area contributed by atoms with Gasteiger partial charge in [-0.15, -0.1) is 0 Å². The highest BCUT2D eigenvalue weighted by Gasteiger charge is 2.28. The normalized spacial score (nSPS) is 14.5. The van der Waals surface area contributed by atoms with E-state index in [1.54, 1.807) is 14.2 Å². The van der Waals surface area contributed by atoms with Crippen LogP contribution in [0.1, 0.15) is 17.2 Å². The molecule has 1 aliphatic heterocycles. The third-order valence-electron chi connectivity index (χ3n) is 6.36. The van der Waals surface area contributed by atoms with Crippen molar-refractivity contribution in [2.75, 3.05) is 45.3 Å². The van der Waals surface area contributed by atoms with Crippen LogP contribution in [0.15, 0.2) is 72.8 Å². The Morgan fingerprint density at radius 3 is 1.88 bits per heavy atom. The Hall–Kier alpha value is -3.35. The number of piperazine rings is 1. The van der Waals surface area contributed by atoms with Gasteiger partial charge in [-0.25, -0.2) is 4.98 Å². The number of anilines is 1. The Morgan fingerprint density at radius 2 is 1.32 bits per heavy atom. The zero-order valence-electron chi connectivity index (χ0n) is 19.3. The number of nitrogens with zero attached hydrogens (tertiary/aromatic N) is 4. The summed E-state index contributed by atoms with van der Waals surface area (Å²) in [5.74, 6) is 2.09. The number of rotatable bonds is 6. The number of halogens is 1. The Morgan fingerprint density at radius 1 is 0.765 bits per heavy atom. The number of hydrogen-bond donors (Lipinski definition) is 0. The maximum atomic E-state index is 6.32. The van der Waals surface area contributed by atoms with Crippen LogP contribution in [0, 0.1) is 0 Å². The average molecular weight is 475 g/mol. The molecule has 0 atom stereocenters. The topological polar surface area (TPSA) is 50.7 Å². The van der Waals surface area contributed by atoms with E-state index in [1.165, 1.54) is 11.1 Å². The van der Waals surface area contributed by atoms with Gasteiger partial charge in [0.2, 0.25) is 5.28 Å². The predicted octanol–water partition coefficient (Wildman–Crippen LogP) is 5.21. The van der Waals surface area contributed by atoms with E-state index < -0.39 is 0 Å². The van der Waals surface area contributed by atoms with Crippen molar-refractivity contribution in [3.8, 4) is 11.5 Å². The van der Waals surface area contributed by atoms with E-state index in [0.29, 0.717) is 11.5 Å². The number of fused-ring (bicyclic) bond motifs is 1. The molecule has 3 aromatic carbocycles. The third-order valence-corrected chi connectivity index (χ3v) is 6.53. The molecule has 2 heterocycles. The molecule has 0 aliphatic carbocycles. The molecular formula is C27H27ClN4O2. The molecule has 1 saturated heterocycles. The maximum absolute atomic E-state index is 6.32. The van der Waals surface area contributed by atoms with Crippen molar-refractivity contribution in [2.45, 2.75) is 6.04 Å². The minimum absolute atomic E-state index is 0.208. The molecule has 174 valence electrons. The maximum Gasteiger partial charge on any atom is 0.224 e. The second-order valence-electron chi connectivity index (χ2n) is 8.29. The van der Waals surface area contributed by atoms with Crippen LogP contribution in [0.4, 0.5) is 5.82 Å². The molecule has 34 heavy (non-hydrogen) atoms. The Labute approximate surface area is 204 Å². The number of benzene rings is 3. The summed E-state index contributed by atoms with van der Waals surface area (Å²) in [6, 6.07) is 25.4. The van der Waals surface area contributed by atoms with E-state index in [0.717, 1.165) is 42.9 Å². The van der Waals surface area contributed by atoms with E-state index in [9.17, 15) is 0 Å². The molecule has 1 aliphatic rings.